The monoisotopic (exact) mass is 305 g/mol. The molecule has 1 saturated carbocycles. The van der Waals surface area contributed by atoms with E-state index in [1.165, 1.54) is 0 Å². The van der Waals surface area contributed by atoms with Crippen molar-refractivity contribution < 1.29 is 9.90 Å². The number of nitrogens with one attached hydrogen (secondary N) is 2. The molecule has 6 heteroatoms. The van der Waals surface area contributed by atoms with Crippen molar-refractivity contribution >= 4 is 23.2 Å². The van der Waals surface area contributed by atoms with Gasteiger partial charge >= 0.3 is 0 Å². The van der Waals surface area contributed by atoms with Crippen molar-refractivity contribution in [2.24, 2.45) is 0 Å². The lowest BCUT2D eigenvalue weighted by molar-refractivity contribution is 0.102. The summed E-state index contributed by atoms with van der Waals surface area (Å²) < 4.78 is 0. The van der Waals surface area contributed by atoms with Gasteiger partial charge in [0.1, 0.15) is 5.75 Å². The van der Waals surface area contributed by atoms with Crippen LogP contribution in [-0.4, -0.2) is 21.2 Å². The number of aromatic hydroxyl groups is 1. The smallest absolute Gasteiger partial charge is 0.260 e. The highest BCUT2D eigenvalue weighted by Crippen LogP contribution is 2.42. The summed E-state index contributed by atoms with van der Waals surface area (Å²) in [5, 5.41) is 19.5. The number of benzene rings is 1. The molecule has 0 radical (unpaired) electrons. The second-order valence-corrected chi connectivity index (χ2v) is 5.84. The van der Waals surface area contributed by atoms with E-state index in [0.29, 0.717) is 17.2 Å². The topological polar surface area (TPSA) is 78.0 Å². The lowest BCUT2D eigenvalue weighted by atomic mass is 10.1. The molecule has 1 amide bonds. The first-order valence-corrected chi connectivity index (χ1v) is 7.20. The lowest BCUT2D eigenvalue weighted by Gasteiger charge is -2.11. The third-order valence-corrected chi connectivity index (χ3v) is 4.03. The van der Waals surface area contributed by atoms with Crippen LogP contribution in [0.3, 0.4) is 0 Å². The number of H-pyrrole nitrogens is 1. The molecule has 1 heterocycles. The van der Waals surface area contributed by atoms with Crippen molar-refractivity contribution in [3.05, 3.63) is 39.7 Å². The van der Waals surface area contributed by atoms with Crippen LogP contribution in [-0.2, 0) is 0 Å². The van der Waals surface area contributed by atoms with Crippen molar-refractivity contribution in [3.63, 3.8) is 0 Å². The second-order valence-electron chi connectivity index (χ2n) is 5.49. The molecule has 2 aromatic rings. The number of amides is 1. The number of carbonyl (C=O) groups is 1. The van der Waals surface area contributed by atoms with Gasteiger partial charge in [0.15, 0.2) is 5.15 Å². The molecule has 21 heavy (non-hydrogen) atoms. The molecule has 5 nitrogen and oxygen atoms in total. The molecule has 110 valence electrons. The van der Waals surface area contributed by atoms with Crippen LogP contribution >= 0.6 is 11.6 Å². The molecule has 1 aliphatic carbocycles. The van der Waals surface area contributed by atoms with Gasteiger partial charge in [-0.2, -0.15) is 5.10 Å². The van der Waals surface area contributed by atoms with E-state index in [0.717, 1.165) is 29.7 Å². The van der Waals surface area contributed by atoms with Gasteiger partial charge in [-0.1, -0.05) is 17.7 Å². The quantitative estimate of drug-likeness (QED) is 0.812. The molecule has 1 aromatic carbocycles. The molecule has 0 bridgehead atoms. The van der Waals surface area contributed by atoms with Crippen molar-refractivity contribution in [1.29, 1.82) is 0 Å². The van der Waals surface area contributed by atoms with Crippen LogP contribution in [0.2, 0.25) is 5.15 Å². The SMILES string of the molecule is Cc1cc(C)c(NC(=O)c2c(Cl)n[nH]c2C2CC2)cc1O. The summed E-state index contributed by atoms with van der Waals surface area (Å²) in [6, 6.07) is 3.37. The molecule has 0 saturated heterocycles. The molecule has 3 rings (SSSR count). The van der Waals surface area contributed by atoms with Gasteiger partial charge in [-0.3, -0.25) is 9.89 Å². The van der Waals surface area contributed by atoms with Gasteiger partial charge in [0.25, 0.3) is 5.91 Å². The number of carbonyl (C=O) groups excluding carboxylic acids is 1. The van der Waals surface area contributed by atoms with Gasteiger partial charge in [0.05, 0.1) is 11.3 Å². The zero-order chi connectivity index (χ0) is 15.1. The molecular weight excluding hydrogens is 290 g/mol. The highest BCUT2D eigenvalue weighted by Gasteiger charge is 2.32. The van der Waals surface area contributed by atoms with E-state index in [4.69, 9.17) is 11.6 Å². The summed E-state index contributed by atoms with van der Waals surface area (Å²) >= 11 is 6.02. The Kier molecular flexibility index (Phi) is 3.37. The van der Waals surface area contributed by atoms with E-state index < -0.39 is 0 Å². The number of aryl methyl sites for hydroxylation is 2. The van der Waals surface area contributed by atoms with Crippen LogP contribution < -0.4 is 5.32 Å². The molecule has 3 N–H and O–H groups in total. The van der Waals surface area contributed by atoms with Gasteiger partial charge in [-0.05, 0) is 37.8 Å². The molecular formula is C15H16ClN3O2. The largest absolute Gasteiger partial charge is 0.508 e. The zero-order valence-corrected chi connectivity index (χ0v) is 12.6. The average Bonchev–Trinajstić information content (AvgIpc) is 3.19. The fourth-order valence-corrected chi connectivity index (χ4v) is 2.61. The number of halogens is 1. The Labute approximate surface area is 127 Å². The molecule has 1 fully saturated rings. The summed E-state index contributed by atoms with van der Waals surface area (Å²) in [7, 11) is 0. The first kappa shape index (κ1) is 13.9. The predicted molar refractivity (Wildman–Crippen MR) is 81.1 cm³/mol. The number of aromatic nitrogens is 2. The van der Waals surface area contributed by atoms with Crippen LogP contribution in [0.4, 0.5) is 5.69 Å². The molecule has 1 aromatic heterocycles. The summed E-state index contributed by atoms with van der Waals surface area (Å²) in [4.78, 5) is 12.5. The van der Waals surface area contributed by atoms with E-state index in [-0.39, 0.29) is 16.8 Å². The van der Waals surface area contributed by atoms with Crippen LogP contribution in [0.5, 0.6) is 5.75 Å². The van der Waals surface area contributed by atoms with Gasteiger partial charge in [-0.15, -0.1) is 0 Å². The average molecular weight is 306 g/mol. The Hall–Kier alpha value is -2.01. The fraction of sp³-hybridized carbons (Fsp3) is 0.333. The summed E-state index contributed by atoms with van der Waals surface area (Å²) in [6.45, 7) is 3.69. The van der Waals surface area contributed by atoms with Crippen LogP contribution in [0.25, 0.3) is 0 Å². The van der Waals surface area contributed by atoms with E-state index in [1.807, 2.05) is 19.9 Å². The van der Waals surface area contributed by atoms with Crippen molar-refractivity contribution in [1.82, 2.24) is 10.2 Å². The van der Waals surface area contributed by atoms with Gasteiger partial charge in [0.2, 0.25) is 0 Å². The molecule has 0 unspecified atom stereocenters. The molecule has 0 aliphatic heterocycles. The fourth-order valence-electron chi connectivity index (χ4n) is 2.38. The second kappa shape index (κ2) is 5.07. The van der Waals surface area contributed by atoms with E-state index in [9.17, 15) is 9.90 Å². The standard InChI is InChI=1S/C15H16ClN3O2/c1-7-5-8(2)11(20)6-10(7)17-15(21)12-13(9-3-4-9)18-19-14(12)16/h5-6,9,20H,3-4H2,1-2H3,(H,17,21)(H,18,19). The highest BCUT2D eigenvalue weighted by atomic mass is 35.5. The van der Waals surface area contributed by atoms with Gasteiger partial charge < -0.3 is 10.4 Å². The Morgan fingerprint density at radius 3 is 2.76 bits per heavy atom. The number of phenols is 1. The van der Waals surface area contributed by atoms with Crippen LogP contribution in [0, 0.1) is 13.8 Å². The molecule has 0 spiro atoms. The Balaban J connectivity index is 1.90. The number of anilines is 1. The third kappa shape index (κ3) is 2.61. The summed E-state index contributed by atoms with van der Waals surface area (Å²) in [5.74, 6) is 0.192. The maximum absolute atomic E-state index is 12.5. The normalized spacial score (nSPS) is 14.2. The number of hydrogen-bond donors (Lipinski definition) is 3. The summed E-state index contributed by atoms with van der Waals surface area (Å²) in [5.41, 5.74) is 3.42. The van der Waals surface area contributed by atoms with Crippen molar-refractivity contribution in [2.45, 2.75) is 32.6 Å². The lowest BCUT2D eigenvalue weighted by Crippen LogP contribution is -2.14. The predicted octanol–water partition coefficient (Wildman–Crippen LogP) is 3.52. The Bertz CT molecular complexity index is 720. The van der Waals surface area contributed by atoms with Crippen molar-refractivity contribution in [2.75, 3.05) is 5.32 Å². The van der Waals surface area contributed by atoms with Gasteiger partial charge in [0, 0.05) is 17.7 Å². The van der Waals surface area contributed by atoms with Crippen LogP contribution in [0.1, 0.15) is 45.9 Å². The van der Waals surface area contributed by atoms with Crippen molar-refractivity contribution in [3.8, 4) is 5.75 Å². The maximum atomic E-state index is 12.5. The number of aromatic amines is 1. The number of phenolic OH excluding ortho intramolecular Hbond substituents is 1. The number of rotatable bonds is 3. The Morgan fingerprint density at radius 1 is 1.38 bits per heavy atom. The minimum Gasteiger partial charge on any atom is -0.508 e. The maximum Gasteiger partial charge on any atom is 0.260 e. The molecule has 0 atom stereocenters. The minimum absolute atomic E-state index is 0.150. The third-order valence-electron chi connectivity index (χ3n) is 3.75. The first-order valence-electron chi connectivity index (χ1n) is 6.82. The van der Waals surface area contributed by atoms with E-state index in [2.05, 4.69) is 15.5 Å². The number of hydrogen-bond acceptors (Lipinski definition) is 3. The van der Waals surface area contributed by atoms with Crippen LogP contribution in [0.15, 0.2) is 12.1 Å². The van der Waals surface area contributed by atoms with Gasteiger partial charge in [-0.25, -0.2) is 0 Å². The highest BCUT2D eigenvalue weighted by molar-refractivity contribution is 6.33. The van der Waals surface area contributed by atoms with E-state index in [1.54, 1.807) is 6.07 Å². The number of nitrogens with zero attached hydrogens (tertiary/aromatic N) is 1. The Morgan fingerprint density at radius 2 is 2.10 bits per heavy atom. The molecule has 1 aliphatic rings. The summed E-state index contributed by atoms with van der Waals surface area (Å²) in [6.07, 6.45) is 2.09. The zero-order valence-electron chi connectivity index (χ0n) is 11.8. The van der Waals surface area contributed by atoms with E-state index >= 15 is 0 Å². The first-order chi connectivity index (χ1) is 9.97. The minimum atomic E-state index is -0.304.